The zero-order valence-corrected chi connectivity index (χ0v) is 19.7. The summed E-state index contributed by atoms with van der Waals surface area (Å²) in [6.45, 7) is 4.11. The number of benzene rings is 2. The van der Waals surface area contributed by atoms with Gasteiger partial charge in [0.05, 0.1) is 5.56 Å². The summed E-state index contributed by atoms with van der Waals surface area (Å²) >= 11 is 0. The van der Waals surface area contributed by atoms with Gasteiger partial charge in [0, 0.05) is 37.7 Å². The minimum atomic E-state index is -0.598. The molecule has 1 N–H and O–H groups in total. The Morgan fingerprint density at radius 2 is 1.62 bits per heavy atom. The van der Waals surface area contributed by atoms with Crippen LogP contribution in [0.1, 0.15) is 43.7 Å². The predicted molar refractivity (Wildman–Crippen MR) is 130 cm³/mol. The van der Waals surface area contributed by atoms with Gasteiger partial charge in [-0.2, -0.15) is 0 Å². The number of carbonyl (C=O) groups excluding carboxylic acids is 1. The highest BCUT2D eigenvalue weighted by atomic mass is 16.5. The highest BCUT2D eigenvalue weighted by Crippen LogP contribution is 2.48. The first kappa shape index (κ1) is 21.9. The Morgan fingerprint density at radius 3 is 2.35 bits per heavy atom. The molecule has 1 aliphatic heterocycles. The number of ether oxygens (including phenoxy) is 1. The van der Waals surface area contributed by atoms with Crippen LogP contribution in [0.2, 0.25) is 0 Å². The average molecular weight is 458 g/mol. The molecule has 7 nitrogen and oxygen atoms in total. The van der Waals surface area contributed by atoms with E-state index in [1.165, 1.54) is 11.6 Å². The third kappa shape index (κ3) is 3.57. The van der Waals surface area contributed by atoms with Gasteiger partial charge in [-0.05, 0) is 41.7 Å². The number of rotatable bonds is 3. The molecule has 1 aliphatic carbocycles. The maximum Gasteiger partial charge on any atom is 0.332 e. The van der Waals surface area contributed by atoms with Crippen molar-refractivity contribution < 1.29 is 9.53 Å². The van der Waals surface area contributed by atoms with Crippen LogP contribution in [0, 0.1) is 5.41 Å². The maximum atomic E-state index is 13.5. The van der Waals surface area contributed by atoms with Crippen molar-refractivity contribution in [2.24, 2.45) is 19.5 Å². The molecule has 5 rings (SSSR count). The molecule has 7 heteroatoms. The van der Waals surface area contributed by atoms with Gasteiger partial charge in [0.1, 0.15) is 17.3 Å². The van der Waals surface area contributed by atoms with Crippen LogP contribution in [0.25, 0.3) is 0 Å². The number of hydrogen-bond donors (Lipinski definition) is 1. The Balaban J connectivity index is 1.73. The quantitative estimate of drug-likeness (QED) is 0.641. The van der Waals surface area contributed by atoms with E-state index >= 15 is 0 Å². The van der Waals surface area contributed by atoms with E-state index in [4.69, 9.17) is 4.74 Å². The van der Waals surface area contributed by atoms with Crippen molar-refractivity contribution in [1.29, 1.82) is 0 Å². The summed E-state index contributed by atoms with van der Waals surface area (Å²) in [5.41, 5.74) is 1.49. The minimum absolute atomic E-state index is 0.0136. The molecular formula is C27H27N3O4. The summed E-state index contributed by atoms with van der Waals surface area (Å²) in [5, 5.41) is 3.29. The molecule has 0 saturated heterocycles. The Morgan fingerprint density at radius 1 is 0.912 bits per heavy atom. The fourth-order valence-corrected chi connectivity index (χ4v) is 5.07. The third-order valence-corrected chi connectivity index (χ3v) is 6.64. The zero-order chi connectivity index (χ0) is 24.2. The molecule has 0 fully saturated rings. The summed E-state index contributed by atoms with van der Waals surface area (Å²) in [4.78, 5) is 39.6. The molecule has 3 aromatic rings. The minimum Gasteiger partial charge on any atom is -0.457 e. The number of hydrogen-bond acceptors (Lipinski definition) is 5. The van der Waals surface area contributed by atoms with Crippen molar-refractivity contribution in [3.05, 3.63) is 97.8 Å². The van der Waals surface area contributed by atoms with E-state index in [2.05, 4.69) is 19.2 Å². The third-order valence-electron chi connectivity index (χ3n) is 6.64. The molecule has 1 atom stereocenters. The topological polar surface area (TPSA) is 82.3 Å². The summed E-state index contributed by atoms with van der Waals surface area (Å²) in [6.07, 6.45) is 1.04. The number of para-hydroxylation sites is 1. The van der Waals surface area contributed by atoms with Gasteiger partial charge in [-0.1, -0.05) is 44.2 Å². The first-order valence-electron chi connectivity index (χ1n) is 11.3. The molecule has 0 amide bonds. The standard InChI is InChI=1S/C27H27N3O4/c1-27(2)14-19-22(20(31)15-27)21(23-24(28-19)29(3)26(33)30(4)25(23)32)16-9-8-12-18(13-16)34-17-10-6-5-7-11-17/h5-13,21,28H,14-15H2,1-4H3. The van der Waals surface area contributed by atoms with Crippen LogP contribution >= 0.6 is 0 Å². The van der Waals surface area contributed by atoms with Crippen LogP contribution in [0.5, 0.6) is 11.5 Å². The van der Waals surface area contributed by atoms with Crippen molar-refractivity contribution in [1.82, 2.24) is 9.13 Å². The van der Waals surface area contributed by atoms with E-state index in [-0.39, 0.29) is 11.2 Å². The highest BCUT2D eigenvalue weighted by Gasteiger charge is 2.43. The normalized spacial score (nSPS) is 18.7. The fourth-order valence-electron chi connectivity index (χ4n) is 5.07. The van der Waals surface area contributed by atoms with Gasteiger partial charge in [-0.15, -0.1) is 0 Å². The zero-order valence-electron chi connectivity index (χ0n) is 19.7. The first-order chi connectivity index (χ1) is 16.2. The molecule has 0 saturated carbocycles. The van der Waals surface area contributed by atoms with E-state index in [0.29, 0.717) is 41.3 Å². The number of nitrogens with one attached hydrogen (secondary N) is 1. The number of anilines is 1. The van der Waals surface area contributed by atoms with Gasteiger partial charge >= 0.3 is 5.69 Å². The lowest BCUT2D eigenvalue weighted by molar-refractivity contribution is -0.118. The first-order valence-corrected chi connectivity index (χ1v) is 11.3. The van der Waals surface area contributed by atoms with Crippen molar-refractivity contribution in [2.75, 3.05) is 5.32 Å². The fraction of sp³-hybridized carbons (Fsp3) is 0.296. The van der Waals surface area contributed by atoms with Crippen LogP contribution in [-0.4, -0.2) is 14.9 Å². The van der Waals surface area contributed by atoms with Crippen LogP contribution in [0.4, 0.5) is 5.82 Å². The molecule has 174 valence electrons. The van der Waals surface area contributed by atoms with Gasteiger partial charge < -0.3 is 10.1 Å². The Kier molecular flexibility index (Phi) is 5.08. The van der Waals surface area contributed by atoms with E-state index in [0.717, 1.165) is 15.8 Å². The van der Waals surface area contributed by atoms with Gasteiger partial charge in [-0.3, -0.25) is 18.7 Å². The largest absolute Gasteiger partial charge is 0.457 e. The molecule has 0 spiro atoms. The SMILES string of the molecule is Cn1c2c(c(=O)n(C)c1=O)C(c1cccc(Oc3ccccc3)c1)C1=C(CC(C)(C)CC1=O)N2. The number of nitrogens with zero attached hydrogens (tertiary/aromatic N) is 2. The number of fused-ring (bicyclic) bond motifs is 1. The monoisotopic (exact) mass is 457 g/mol. The number of ketones is 1. The van der Waals surface area contributed by atoms with Crippen molar-refractivity contribution in [3.8, 4) is 11.5 Å². The maximum absolute atomic E-state index is 13.5. The average Bonchev–Trinajstić information content (AvgIpc) is 2.80. The molecule has 1 unspecified atom stereocenters. The Labute approximate surface area is 197 Å². The van der Waals surface area contributed by atoms with Crippen LogP contribution in [0.15, 0.2) is 75.5 Å². The van der Waals surface area contributed by atoms with E-state index in [1.807, 2.05) is 54.6 Å². The Bertz CT molecular complexity index is 1460. The summed E-state index contributed by atoms with van der Waals surface area (Å²) in [5.74, 6) is 1.16. The number of Topliss-reactive ketones (excluding diaryl/α,β-unsaturated/α-hetero) is 1. The molecule has 2 heterocycles. The van der Waals surface area contributed by atoms with Crippen molar-refractivity contribution >= 4 is 11.6 Å². The molecule has 34 heavy (non-hydrogen) atoms. The number of aromatic nitrogens is 2. The molecule has 2 aromatic carbocycles. The van der Waals surface area contributed by atoms with Crippen LogP contribution < -0.4 is 21.3 Å². The molecule has 0 radical (unpaired) electrons. The van der Waals surface area contributed by atoms with Crippen molar-refractivity contribution in [2.45, 2.75) is 32.6 Å². The molecule has 2 aliphatic rings. The van der Waals surface area contributed by atoms with Gasteiger partial charge in [0.2, 0.25) is 0 Å². The van der Waals surface area contributed by atoms with Gasteiger partial charge in [0.15, 0.2) is 5.78 Å². The lowest BCUT2D eigenvalue weighted by Gasteiger charge is -2.39. The van der Waals surface area contributed by atoms with E-state index < -0.39 is 17.2 Å². The molecular weight excluding hydrogens is 430 g/mol. The lowest BCUT2D eigenvalue weighted by Crippen LogP contribution is -2.45. The van der Waals surface area contributed by atoms with Crippen LogP contribution in [0.3, 0.4) is 0 Å². The van der Waals surface area contributed by atoms with Gasteiger partial charge in [-0.25, -0.2) is 4.79 Å². The number of allylic oxidation sites excluding steroid dienone is 2. The Hall–Kier alpha value is -3.87. The lowest BCUT2D eigenvalue weighted by atomic mass is 9.69. The smallest absolute Gasteiger partial charge is 0.332 e. The highest BCUT2D eigenvalue weighted by molar-refractivity contribution is 6.01. The van der Waals surface area contributed by atoms with Crippen molar-refractivity contribution in [3.63, 3.8) is 0 Å². The van der Waals surface area contributed by atoms with E-state index in [1.54, 1.807) is 7.05 Å². The summed E-state index contributed by atoms with van der Waals surface area (Å²) < 4.78 is 8.58. The second-order valence-electron chi connectivity index (χ2n) is 9.85. The second-order valence-corrected chi connectivity index (χ2v) is 9.85. The van der Waals surface area contributed by atoms with Crippen LogP contribution in [-0.2, 0) is 18.9 Å². The molecule has 1 aromatic heterocycles. The van der Waals surface area contributed by atoms with E-state index in [9.17, 15) is 14.4 Å². The summed E-state index contributed by atoms with van der Waals surface area (Å²) in [7, 11) is 3.10. The number of carbonyl (C=O) groups is 1. The second kappa shape index (κ2) is 7.87. The molecule has 0 bridgehead atoms. The van der Waals surface area contributed by atoms with Gasteiger partial charge in [0.25, 0.3) is 5.56 Å². The predicted octanol–water partition coefficient (Wildman–Crippen LogP) is 4.08. The summed E-state index contributed by atoms with van der Waals surface area (Å²) in [6, 6.07) is 16.9.